The SMILES string of the molecule is N[C@]1(C(=O)O)C[C@@H](NC(=O)Nc2ccc3ccccc3c2)[C@@H]2[C@@H](C(=O)O)[C@H]21. The molecule has 2 saturated carbocycles. The lowest BCUT2D eigenvalue weighted by molar-refractivity contribution is -0.145. The molecule has 0 bridgehead atoms. The molecule has 6 N–H and O–H groups in total. The van der Waals surface area contributed by atoms with Crippen LogP contribution in [0.3, 0.4) is 0 Å². The van der Waals surface area contributed by atoms with Crippen molar-refractivity contribution in [3.63, 3.8) is 0 Å². The maximum absolute atomic E-state index is 12.4. The van der Waals surface area contributed by atoms with Crippen molar-refractivity contribution >= 4 is 34.4 Å². The van der Waals surface area contributed by atoms with Gasteiger partial charge < -0.3 is 26.6 Å². The van der Waals surface area contributed by atoms with E-state index in [-0.39, 0.29) is 6.42 Å². The fourth-order valence-corrected chi connectivity index (χ4v) is 4.43. The number of carbonyl (C=O) groups excluding carboxylic acids is 1. The van der Waals surface area contributed by atoms with E-state index in [9.17, 15) is 24.6 Å². The Balaban J connectivity index is 1.47. The molecule has 0 spiro atoms. The minimum atomic E-state index is -1.63. The van der Waals surface area contributed by atoms with Gasteiger partial charge in [0.2, 0.25) is 0 Å². The monoisotopic (exact) mass is 369 g/mol. The van der Waals surface area contributed by atoms with Crippen molar-refractivity contribution in [2.45, 2.75) is 18.0 Å². The summed E-state index contributed by atoms with van der Waals surface area (Å²) in [5.74, 6) is -4.29. The van der Waals surface area contributed by atoms with E-state index in [4.69, 9.17) is 5.73 Å². The summed E-state index contributed by atoms with van der Waals surface area (Å²) in [4.78, 5) is 35.3. The molecule has 27 heavy (non-hydrogen) atoms. The minimum Gasteiger partial charge on any atom is -0.481 e. The van der Waals surface area contributed by atoms with Crippen LogP contribution in [0, 0.1) is 17.8 Å². The Hall–Kier alpha value is -3.13. The second-order valence-electron chi connectivity index (χ2n) is 7.28. The van der Waals surface area contributed by atoms with E-state index in [0.29, 0.717) is 5.69 Å². The molecule has 0 heterocycles. The average molecular weight is 369 g/mol. The first-order chi connectivity index (χ1) is 12.8. The van der Waals surface area contributed by atoms with E-state index in [1.165, 1.54) is 0 Å². The van der Waals surface area contributed by atoms with E-state index in [1.807, 2.05) is 36.4 Å². The van der Waals surface area contributed by atoms with Crippen LogP contribution in [0.1, 0.15) is 6.42 Å². The smallest absolute Gasteiger partial charge is 0.324 e. The van der Waals surface area contributed by atoms with Gasteiger partial charge >= 0.3 is 18.0 Å². The number of carboxylic acid groups (broad SMARTS) is 2. The highest BCUT2D eigenvalue weighted by atomic mass is 16.4. The molecule has 5 atom stereocenters. The van der Waals surface area contributed by atoms with E-state index < -0.39 is 47.3 Å². The van der Waals surface area contributed by atoms with Gasteiger partial charge in [-0.1, -0.05) is 30.3 Å². The van der Waals surface area contributed by atoms with Gasteiger partial charge in [-0.3, -0.25) is 9.59 Å². The second kappa shape index (κ2) is 5.95. The Morgan fingerprint density at radius 2 is 1.78 bits per heavy atom. The summed E-state index contributed by atoms with van der Waals surface area (Å²) in [5, 5.41) is 26.1. The van der Waals surface area contributed by atoms with Crippen molar-refractivity contribution in [3.05, 3.63) is 42.5 Å². The molecule has 8 nitrogen and oxygen atoms in total. The zero-order valence-corrected chi connectivity index (χ0v) is 14.3. The molecule has 8 heteroatoms. The van der Waals surface area contributed by atoms with Crippen LogP contribution in [-0.2, 0) is 9.59 Å². The molecule has 2 fully saturated rings. The molecule has 0 unspecified atom stereocenters. The first-order valence-corrected chi connectivity index (χ1v) is 8.62. The number of hydrogen-bond acceptors (Lipinski definition) is 4. The van der Waals surface area contributed by atoms with Crippen molar-refractivity contribution in [1.29, 1.82) is 0 Å². The van der Waals surface area contributed by atoms with Gasteiger partial charge in [0.15, 0.2) is 0 Å². The fraction of sp³-hybridized carbons (Fsp3) is 0.316. The molecule has 2 aromatic rings. The van der Waals surface area contributed by atoms with Gasteiger partial charge in [0.1, 0.15) is 5.54 Å². The van der Waals surface area contributed by atoms with Crippen molar-refractivity contribution < 1.29 is 24.6 Å². The summed E-state index contributed by atoms with van der Waals surface area (Å²) in [7, 11) is 0. The Kier molecular flexibility index (Phi) is 3.81. The molecule has 4 rings (SSSR count). The molecule has 0 radical (unpaired) electrons. The van der Waals surface area contributed by atoms with Gasteiger partial charge in [-0.2, -0.15) is 0 Å². The van der Waals surface area contributed by atoms with Crippen molar-refractivity contribution in [3.8, 4) is 0 Å². The number of carboxylic acids is 2. The largest absolute Gasteiger partial charge is 0.481 e. The van der Waals surface area contributed by atoms with Crippen LogP contribution in [0.2, 0.25) is 0 Å². The molecule has 2 aliphatic carbocycles. The van der Waals surface area contributed by atoms with Gasteiger partial charge in [-0.05, 0) is 35.2 Å². The molecule has 2 aliphatic rings. The van der Waals surface area contributed by atoms with E-state index >= 15 is 0 Å². The Morgan fingerprint density at radius 1 is 1.07 bits per heavy atom. The number of rotatable bonds is 4. The first kappa shape index (κ1) is 17.3. The topological polar surface area (TPSA) is 142 Å². The maximum Gasteiger partial charge on any atom is 0.324 e. The standard InChI is InChI=1S/C19H19N3O5/c20-19(17(25)26)8-12(13-14(15(13)19)16(23)24)22-18(27)21-11-6-5-9-3-1-2-4-10(9)7-11/h1-7,12-15H,8,20H2,(H,23,24)(H,25,26)(H2,21,22,27)/t12-,13-,14-,15+,19-/m1/s1. The van der Waals surface area contributed by atoms with Crippen LogP contribution in [0.4, 0.5) is 10.5 Å². The highest BCUT2D eigenvalue weighted by molar-refractivity contribution is 5.94. The number of nitrogens with two attached hydrogens (primary N) is 1. The van der Waals surface area contributed by atoms with Crippen molar-refractivity contribution in [2.75, 3.05) is 5.32 Å². The highest BCUT2D eigenvalue weighted by Gasteiger charge is 2.74. The van der Waals surface area contributed by atoms with E-state index in [0.717, 1.165) is 10.8 Å². The normalized spacial score (nSPS) is 31.1. The number of benzene rings is 2. The maximum atomic E-state index is 12.4. The zero-order chi connectivity index (χ0) is 19.3. The molecule has 0 saturated heterocycles. The number of nitrogens with one attached hydrogen (secondary N) is 2. The minimum absolute atomic E-state index is 0.00653. The zero-order valence-electron chi connectivity index (χ0n) is 14.3. The first-order valence-electron chi connectivity index (χ1n) is 8.62. The van der Waals surface area contributed by atoms with E-state index in [1.54, 1.807) is 6.07 Å². The van der Waals surface area contributed by atoms with Crippen LogP contribution in [0.15, 0.2) is 42.5 Å². The van der Waals surface area contributed by atoms with Gasteiger partial charge in [-0.25, -0.2) is 4.79 Å². The quantitative estimate of drug-likeness (QED) is 0.552. The number of carbonyl (C=O) groups is 3. The van der Waals surface area contributed by atoms with Crippen LogP contribution in [-0.4, -0.2) is 39.8 Å². The van der Waals surface area contributed by atoms with Crippen molar-refractivity contribution in [2.24, 2.45) is 23.5 Å². The van der Waals surface area contributed by atoms with Gasteiger partial charge in [0.25, 0.3) is 0 Å². The number of hydrogen-bond donors (Lipinski definition) is 5. The average Bonchev–Trinajstić information content (AvgIpc) is 3.31. The summed E-state index contributed by atoms with van der Waals surface area (Å²) in [6.07, 6.45) is 0.00653. The van der Waals surface area contributed by atoms with Gasteiger partial charge in [0.05, 0.1) is 5.92 Å². The van der Waals surface area contributed by atoms with Crippen LogP contribution in [0.25, 0.3) is 10.8 Å². The number of amides is 2. The third-order valence-electron chi connectivity index (χ3n) is 5.70. The molecule has 0 aliphatic heterocycles. The number of fused-ring (bicyclic) bond motifs is 2. The number of aliphatic carboxylic acids is 2. The summed E-state index contributed by atoms with van der Waals surface area (Å²) >= 11 is 0. The van der Waals surface area contributed by atoms with Gasteiger partial charge in [0, 0.05) is 17.6 Å². The predicted molar refractivity (Wildman–Crippen MR) is 97.2 cm³/mol. The lowest BCUT2D eigenvalue weighted by Crippen LogP contribution is -2.52. The summed E-state index contributed by atoms with van der Waals surface area (Å²) < 4.78 is 0. The Labute approximate surface area is 154 Å². The summed E-state index contributed by atoms with van der Waals surface area (Å²) in [6, 6.07) is 12.1. The van der Waals surface area contributed by atoms with Crippen LogP contribution in [0.5, 0.6) is 0 Å². The summed E-state index contributed by atoms with van der Waals surface area (Å²) in [6.45, 7) is 0. The lowest BCUT2D eigenvalue weighted by Gasteiger charge is -2.25. The van der Waals surface area contributed by atoms with E-state index in [2.05, 4.69) is 10.6 Å². The van der Waals surface area contributed by atoms with Crippen LogP contribution >= 0.6 is 0 Å². The molecular weight excluding hydrogens is 350 g/mol. The molecule has 2 aromatic carbocycles. The Morgan fingerprint density at radius 3 is 2.44 bits per heavy atom. The van der Waals surface area contributed by atoms with Crippen LogP contribution < -0.4 is 16.4 Å². The van der Waals surface area contributed by atoms with Crippen molar-refractivity contribution in [1.82, 2.24) is 5.32 Å². The molecule has 140 valence electrons. The third-order valence-corrected chi connectivity index (χ3v) is 5.70. The lowest BCUT2D eigenvalue weighted by atomic mass is 9.90. The predicted octanol–water partition coefficient (Wildman–Crippen LogP) is 1.46. The summed E-state index contributed by atoms with van der Waals surface area (Å²) in [5.41, 5.74) is 4.92. The Bertz CT molecular complexity index is 961. The molecule has 0 aromatic heterocycles. The fourth-order valence-electron chi connectivity index (χ4n) is 4.43. The number of urea groups is 1. The molecule has 2 amide bonds. The third kappa shape index (κ3) is 2.78. The number of anilines is 1. The second-order valence-corrected chi connectivity index (χ2v) is 7.28. The van der Waals surface area contributed by atoms with Gasteiger partial charge in [-0.15, -0.1) is 0 Å². The highest BCUT2D eigenvalue weighted by Crippen LogP contribution is 2.61. The molecular formula is C19H19N3O5.